The summed E-state index contributed by atoms with van der Waals surface area (Å²) in [5.74, 6) is 0.941. The van der Waals surface area contributed by atoms with Gasteiger partial charge in [0.2, 0.25) is 0 Å². The lowest BCUT2D eigenvalue weighted by atomic mass is 10.1. The van der Waals surface area contributed by atoms with Gasteiger partial charge in [-0.25, -0.2) is 0 Å². The van der Waals surface area contributed by atoms with E-state index >= 15 is 0 Å². The van der Waals surface area contributed by atoms with Crippen LogP contribution in [0.4, 0.5) is 0 Å². The second-order valence-corrected chi connectivity index (χ2v) is 6.42. The van der Waals surface area contributed by atoms with Crippen LogP contribution in [-0.4, -0.2) is 11.7 Å². The van der Waals surface area contributed by atoms with Crippen molar-refractivity contribution in [1.29, 1.82) is 0 Å². The van der Waals surface area contributed by atoms with E-state index in [4.69, 9.17) is 4.74 Å². The summed E-state index contributed by atoms with van der Waals surface area (Å²) in [5, 5.41) is 2.67. The minimum atomic E-state index is 0.637. The number of aromatic nitrogens is 1. The molecule has 1 aromatic heterocycles. The van der Waals surface area contributed by atoms with Crippen molar-refractivity contribution < 1.29 is 4.74 Å². The van der Waals surface area contributed by atoms with Gasteiger partial charge in [0.05, 0.1) is 7.11 Å². The van der Waals surface area contributed by atoms with E-state index in [2.05, 4.69) is 47.0 Å². The SMILES string of the molecule is COc1ccc2c(c1)c1ccccc1n2C1CCCCCC1. The topological polar surface area (TPSA) is 14.2 Å². The average Bonchev–Trinajstić information content (AvgIpc) is 2.72. The zero-order valence-electron chi connectivity index (χ0n) is 13.2. The smallest absolute Gasteiger partial charge is 0.119 e. The molecule has 1 heterocycles. The predicted octanol–water partition coefficient (Wildman–Crippen LogP) is 5.70. The lowest BCUT2D eigenvalue weighted by Gasteiger charge is -2.19. The molecule has 2 aromatic carbocycles. The summed E-state index contributed by atoms with van der Waals surface area (Å²) < 4.78 is 8.03. The highest BCUT2D eigenvalue weighted by atomic mass is 16.5. The molecule has 1 aliphatic carbocycles. The summed E-state index contributed by atoms with van der Waals surface area (Å²) in [6, 6.07) is 16.0. The van der Waals surface area contributed by atoms with Crippen molar-refractivity contribution in [1.82, 2.24) is 4.57 Å². The fourth-order valence-electron chi connectivity index (χ4n) is 4.02. The molecule has 0 atom stereocenters. The molecule has 0 unspecified atom stereocenters. The van der Waals surface area contributed by atoms with Crippen molar-refractivity contribution in [2.24, 2.45) is 0 Å². The first kappa shape index (κ1) is 13.7. The maximum Gasteiger partial charge on any atom is 0.119 e. The van der Waals surface area contributed by atoms with Gasteiger partial charge in [-0.05, 0) is 37.1 Å². The van der Waals surface area contributed by atoms with Crippen molar-refractivity contribution in [3.05, 3.63) is 42.5 Å². The number of hydrogen-bond acceptors (Lipinski definition) is 1. The standard InChI is InChI=1S/C20H23NO/c1-22-16-12-13-20-18(14-16)17-10-6-7-11-19(17)21(20)15-8-4-2-3-5-9-15/h6-7,10-15H,2-5,8-9H2,1H3. The molecule has 0 saturated heterocycles. The summed E-state index contributed by atoms with van der Waals surface area (Å²) in [6.07, 6.45) is 8.10. The molecule has 0 aliphatic heterocycles. The molecule has 0 amide bonds. The highest BCUT2D eigenvalue weighted by Gasteiger charge is 2.19. The third kappa shape index (κ3) is 2.18. The van der Waals surface area contributed by atoms with Crippen molar-refractivity contribution >= 4 is 21.8 Å². The monoisotopic (exact) mass is 293 g/mol. The van der Waals surface area contributed by atoms with Crippen LogP contribution in [0.3, 0.4) is 0 Å². The van der Waals surface area contributed by atoms with Crippen LogP contribution in [-0.2, 0) is 0 Å². The van der Waals surface area contributed by atoms with E-state index < -0.39 is 0 Å². The van der Waals surface area contributed by atoms with Gasteiger partial charge in [-0.15, -0.1) is 0 Å². The number of ether oxygens (including phenoxy) is 1. The molecule has 0 spiro atoms. The number of rotatable bonds is 2. The normalized spacial score (nSPS) is 17.0. The van der Waals surface area contributed by atoms with Crippen LogP contribution in [0.25, 0.3) is 21.8 Å². The minimum Gasteiger partial charge on any atom is -0.497 e. The van der Waals surface area contributed by atoms with E-state index in [1.807, 2.05) is 0 Å². The molecule has 3 aromatic rings. The third-order valence-corrected chi connectivity index (χ3v) is 5.11. The number of para-hydroxylation sites is 1. The van der Waals surface area contributed by atoms with Crippen LogP contribution in [0.1, 0.15) is 44.6 Å². The van der Waals surface area contributed by atoms with E-state index in [1.54, 1.807) is 7.11 Å². The molecule has 4 rings (SSSR count). The zero-order valence-corrected chi connectivity index (χ0v) is 13.2. The van der Waals surface area contributed by atoms with E-state index in [0.717, 1.165) is 5.75 Å². The number of hydrogen-bond donors (Lipinski definition) is 0. The Kier molecular flexibility index (Phi) is 3.53. The summed E-state index contributed by atoms with van der Waals surface area (Å²) >= 11 is 0. The van der Waals surface area contributed by atoms with Crippen LogP contribution >= 0.6 is 0 Å². The number of fused-ring (bicyclic) bond motifs is 3. The quantitative estimate of drug-likeness (QED) is 0.553. The molecule has 114 valence electrons. The van der Waals surface area contributed by atoms with Crippen LogP contribution in [0, 0.1) is 0 Å². The highest BCUT2D eigenvalue weighted by molar-refractivity contribution is 6.08. The lowest BCUT2D eigenvalue weighted by Crippen LogP contribution is -2.07. The Hall–Kier alpha value is -1.96. The summed E-state index contributed by atoms with van der Waals surface area (Å²) in [7, 11) is 1.74. The van der Waals surface area contributed by atoms with E-state index in [9.17, 15) is 0 Å². The second kappa shape index (κ2) is 5.68. The fraction of sp³-hybridized carbons (Fsp3) is 0.400. The predicted molar refractivity (Wildman–Crippen MR) is 92.7 cm³/mol. The summed E-state index contributed by atoms with van der Waals surface area (Å²) in [6.45, 7) is 0. The molecule has 22 heavy (non-hydrogen) atoms. The first-order valence-electron chi connectivity index (χ1n) is 8.45. The van der Waals surface area contributed by atoms with Gasteiger partial charge < -0.3 is 9.30 Å². The minimum absolute atomic E-state index is 0.637. The van der Waals surface area contributed by atoms with E-state index in [0.29, 0.717) is 6.04 Å². The van der Waals surface area contributed by atoms with E-state index in [1.165, 1.54) is 60.3 Å². The first-order valence-corrected chi connectivity index (χ1v) is 8.45. The molecule has 0 radical (unpaired) electrons. The molecule has 1 aliphatic rings. The zero-order chi connectivity index (χ0) is 14.9. The number of nitrogens with zero attached hydrogens (tertiary/aromatic N) is 1. The summed E-state index contributed by atoms with van der Waals surface area (Å²) in [4.78, 5) is 0. The molecule has 1 fully saturated rings. The van der Waals surface area contributed by atoms with Gasteiger partial charge in [-0.2, -0.15) is 0 Å². The molecule has 0 N–H and O–H groups in total. The molecular formula is C20H23NO. The van der Waals surface area contributed by atoms with Crippen LogP contribution in [0.2, 0.25) is 0 Å². The first-order chi connectivity index (χ1) is 10.9. The Morgan fingerprint density at radius 3 is 2.36 bits per heavy atom. The van der Waals surface area contributed by atoms with Crippen LogP contribution < -0.4 is 4.74 Å². The molecule has 1 saturated carbocycles. The number of methoxy groups -OCH3 is 1. The van der Waals surface area contributed by atoms with Crippen molar-refractivity contribution in [2.75, 3.05) is 7.11 Å². The Morgan fingerprint density at radius 2 is 1.59 bits per heavy atom. The Labute approximate surface area is 131 Å². The Bertz CT molecular complexity index is 794. The average molecular weight is 293 g/mol. The van der Waals surface area contributed by atoms with Gasteiger partial charge in [0, 0.05) is 27.8 Å². The Morgan fingerprint density at radius 1 is 0.864 bits per heavy atom. The molecule has 2 heteroatoms. The maximum absolute atomic E-state index is 5.44. The van der Waals surface area contributed by atoms with Crippen LogP contribution in [0.15, 0.2) is 42.5 Å². The number of benzene rings is 2. The molecule has 2 nitrogen and oxygen atoms in total. The Balaban J connectivity index is 1.98. The third-order valence-electron chi connectivity index (χ3n) is 5.11. The largest absolute Gasteiger partial charge is 0.497 e. The summed E-state index contributed by atoms with van der Waals surface area (Å²) in [5.41, 5.74) is 2.73. The fourth-order valence-corrected chi connectivity index (χ4v) is 4.02. The van der Waals surface area contributed by atoms with Gasteiger partial charge in [-0.1, -0.05) is 43.9 Å². The molecular weight excluding hydrogens is 270 g/mol. The highest BCUT2D eigenvalue weighted by Crippen LogP contribution is 2.38. The molecule has 0 bridgehead atoms. The lowest BCUT2D eigenvalue weighted by molar-refractivity contribution is 0.415. The van der Waals surface area contributed by atoms with Gasteiger partial charge in [-0.3, -0.25) is 0 Å². The van der Waals surface area contributed by atoms with Crippen LogP contribution in [0.5, 0.6) is 5.75 Å². The van der Waals surface area contributed by atoms with Gasteiger partial charge in [0.25, 0.3) is 0 Å². The van der Waals surface area contributed by atoms with Crippen molar-refractivity contribution in [3.8, 4) is 5.75 Å². The maximum atomic E-state index is 5.44. The van der Waals surface area contributed by atoms with Gasteiger partial charge in [0.1, 0.15) is 5.75 Å². The van der Waals surface area contributed by atoms with E-state index in [-0.39, 0.29) is 0 Å². The van der Waals surface area contributed by atoms with Gasteiger partial charge in [0.15, 0.2) is 0 Å². The van der Waals surface area contributed by atoms with Crippen molar-refractivity contribution in [2.45, 2.75) is 44.6 Å². The van der Waals surface area contributed by atoms with Crippen molar-refractivity contribution in [3.63, 3.8) is 0 Å². The van der Waals surface area contributed by atoms with Gasteiger partial charge >= 0.3 is 0 Å². The second-order valence-electron chi connectivity index (χ2n) is 6.42.